The van der Waals surface area contributed by atoms with Gasteiger partial charge in [0.2, 0.25) is 10.0 Å². The second kappa shape index (κ2) is 7.04. The summed E-state index contributed by atoms with van der Waals surface area (Å²) in [7, 11) is -2.12. The third-order valence-corrected chi connectivity index (χ3v) is 6.31. The number of sulfonamides is 1. The highest BCUT2D eigenvalue weighted by atomic mass is 32.2. The van der Waals surface area contributed by atoms with Gasteiger partial charge in [0.1, 0.15) is 11.4 Å². The number of nitrogens with zero attached hydrogens (tertiary/aromatic N) is 4. The summed E-state index contributed by atoms with van der Waals surface area (Å²) in [5, 5.41) is 9.74. The van der Waals surface area contributed by atoms with Crippen molar-refractivity contribution < 1.29 is 17.9 Å². The van der Waals surface area contributed by atoms with Crippen LogP contribution in [-0.2, 0) is 10.0 Å². The standard InChI is InChI=1S/C16H21N5O4S/c1-11-9-20(26(23,24)14-6-4-13(25-3)5-7-14)10-12(2)21(11)16(22)15-8-17-19-18-15/h4-8,11-12H,9-10H2,1-3H3,(H,17,18,19)/t11-,12+. The number of H-pyrrole nitrogens is 1. The summed E-state index contributed by atoms with van der Waals surface area (Å²) in [6, 6.07) is 5.70. The van der Waals surface area contributed by atoms with E-state index >= 15 is 0 Å². The Kier molecular flexibility index (Phi) is 4.97. The van der Waals surface area contributed by atoms with Crippen molar-refractivity contribution in [1.82, 2.24) is 24.6 Å². The summed E-state index contributed by atoms with van der Waals surface area (Å²) in [5.74, 6) is 0.353. The van der Waals surface area contributed by atoms with E-state index in [1.165, 1.54) is 29.7 Å². The number of methoxy groups -OCH3 is 1. The summed E-state index contributed by atoms with van der Waals surface area (Å²) in [6.07, 6.45) is 1.36. The number of hydrogen-bond acceptors (Lipinski definition) is 6. The van der Waals surface area contributed by atoms with Gasteiger partial charge in [-0.2, -0.15) is 4.31 Å². The van der Waals surface area contributed by atoms with Gasteiger partial charge < -0.3 is 9.64 Å². The van der Waals surface area contributed by atoms with Crippen molar-refractivity contribution in [1.29, 1.82) is 0 Å². The molecule has 1 amide bonds. The quantitative estimate of drug-likeness (QED) is 0.839. The van der Waals surface area contributed by atoms with E-state index in [1.54, 1.807) is 17.0 Å². The molecule has 2 aromatic rings. The van der Waals surface area contributed by atoms with Crippen LogP contribution in [0.2, 0.25) is 0 Å². The maximum absolute atomic E-state index is 12.9. The Hall–Kier alpha value is -2.46. The van der Waals surface area contributed by atoms with E-state index in [4.69, 9.17) is 4.74 Å². The molecule has 140 valence electrons. The molecule has 1 aliphatic heterocycles. The molecule has 2 atom stereocenters. The van der Waals surface area contributed by atoms with Crippen LogP contribution in [0.15, 0.2) is 35.4 Å². The summed E-state index contributed by atoms with van der Waals surface area (Å²) in [5.41, 5.74) is 0.287. The first-order chi connectivity index (χ1) is 12.3. The van der Waals surface area contributed by atoms with Gasteiger partial charge in [0.05, 0.1) is 18.2 Å². The lowest BCUT2D eigenvalue weighted by Crippen LogP contribution is -2.59. The molecule has 9 nitrogen and oxygen atoms in total. The van der Waals surface area contributed by atoms with E-state index in [0.29, 0.717) is 5.75 Å². The molecule has 10 heteroatoms. The molecule has 1 saturated heterocycles. The van der Waals surface area contributed by atoms with Crippen LogP contribution in [-0.4, -0.2) is 71.2 Å². The highest BCUT2D eigenvalue weighted by molar-refractivity contribution is 7.89. The maximum atomic E-state index is 12.9. The van der Waals surface area contributed by atoms with Gasteiger partial charge in [0.25, 0.3) is 5.91 Å². The predicted molar refractivity (Wildman–Crippen MR) is 93.2 cm³/mol. The van der Waals surface area contributed by atoms with Gasteiger partial charge in [-0.25, -0.2) is 8.42 Å². The zero-order chi connectivity index (χ0) is 18.9. The Bertz CT molecular complexity index is 855. The molecular formula is C16H21N5O4S. The van der Waals surface area contributed by atoms with E-state index in [2.05, 4.69) is 15.4 Å². The van der Waals surface area contributed by atoms with Crippen LogP contribution in [0.25, 0.3) is 0 Å². The van der Waals surface area contributed by atoms with Crippen LogP contribution < -0.4 is 4.74 Å². The maximum Gasteiger partial charge on any atom is 0.274 e. The van der Waals surface area contributed by atoms with Gasteiger partial charge in [-0.3, -0.25) is 9.89 Å². The Morgan fingerprint density at radius 3 is 2.31 bits per heavy atom. The number of benzene rings is 1. The third-order valence-electron chi connectivity index (χ3n) is 4.46. The fraction of sp³-hybridized carbons (Fsp3) is 0.438. The number of amides is 1. The number of rotatable bonds is 4. The van der Waals surface area contributed by atoms with Gasteiger partial charge in [-0.05, 0) is 38.1 Å². The Balaban J connectivity index is 1.80. The van der Waals surface area contributed by atoms with Gasteiger partial charge >= 0.3 is 0 Å². The van der Waals surface area contributed by atoms with E-state index < -0.39 is 10.0 Å². The predicted octanol–water partition coefficient (Wildman–Crippen LogP) is 0.737. The normalized spacial score (nSPS) is 21.6. The minimum atomic E-state index is -3.65. The van der Waals surface area contributed by atoms with Gasteiger partial charge in [0, 0.05) is 25.2 Å². The first kappa shape index (κ1) is 18.3. The molecule has 1 aromatic heterocycles. The first-order valence-corrected chi connectivity index (χ1v) is 9.61. The van der Waals surface area contributed by atoms with E-state index in [0.717, 1.165) is 0 Å². The number of carbonyl (C=O) groups is 1. The Morgan fingerprint density at radius 2 is 1.81 bits per heavy atom. The van der Waals surface area contributed by atoms with Crippen LogP contribution in [0.4, 0.5) is 0 Å². The molecule has 0 spiro atoms. The molecule has 0 saturated carbocycles. The monoisotopic (exact) mass is 379 g/mol. The summed E-state index contributed by atoms with van der Waals surface area (Å²) in [6.45, 7) is 4.08. The molecule has 1 fully saturated rings. The lowest BCUT2D eigenvalue weighted by Gasteiger charge is -2.43. The van der Waals surface area contributed by atoms with Crippen molar-refractivity contribution in [2.24, 2.45) is 0 Å². The van der Waals surface area contributed by atoms with Crippen molar-refractivity contribution in [3.8, 4) is 5.75 Å². The van der Waals surface area contributed by atoms with Gasteiger partial charge in [0.15, 0.2) is 0 Å². The number of aromatic amines is 1. The minimum Gasteiger partial charge on any atom is -0.497 e. The second-order valence-corrected chi connectivity index (χ2v) is 8.22. The molecule has 3 rings (SSSR count). The summed E-state index contributed by atoms with van der Waals surface area (Å²) >= 11 is 0. The molecule has 2 heterocycles. The topological polar surface area (TPSA) is 108 Å². The van der Waals surface area contributed by atoms with E-state index in [9.17, 15) is 13.2 Å². The smallest absolute Gasteiger partial charge is 0.274 e. The van der Waals surface area contributed by atoms with Crippen LogP contribution in [0.3, 0.4) is 0 Å². The molecule has 1 N–H and O–H groups in total. The number of piperazine rings is 1. The van der Waals surface area contributed by atoms with Crippen LogP contribution in [0, 0.1) is 0 Å². The molecular weight excluding hydrogens is 358 g/mol. The SMILES string of the molecule is COc1ccc(S(=O)(=O)N2C[C@@H](C)N(C(=O)c3cnn[nH]3)[C@@H](C)C2)cc1. The zero-order valence-corrected chi connectivity index (χ0v) is 15.6. The third kappa shape index (κ3) is 3.29. The highest BCUT2D eigenvalue weighted by Gasteiger charge is 2.38. The lowest BCUT2D eigenvalue weighted by molar-refractivity contribution is 0.0434. The van der Waals surface area contributed by atoms with Crippen molar-refractivity contribution in [2.75, 3.05) is 20.2 Å². The minimum absolute atomic E-state index is 0.204. The highest BCUT2D eigenvalue weighted by Crippen LogP contribution is 2.25. The average molecular weight is 379 g/mol. The molecule has 1 aliphatic rings. The fourth-order valence-corrected chi connectivity index (χ4v) is 4.81. The van der Waals surface area contributed by atoms with E-state index in [-0.39, 0.29) is 41.7 Å². The Labute approximate surface area is 152 Å². The van der Waals surface area contributed by atoms with Crippen LogP contribution >= 0.6 is 0 Å². The molecule has 26 heavy (non-hydrogen) atoms. The number of carbonyl (C=O) groups excluding carboxylic acids is 1. The molecule has 1 aromatic carbocycles. The van der Waals surface area contributed by atoms with Crippen LogP contribution in [0.1, 0.15) is 24.3 Å². The zero-order valence-electron chi connectivity index (χ0n) is 14.8. The lowest BCUT2D eigenvalue weighted by atomic mass is 10.1. The second-order valence-electron chi connectivity index (χ2n) is 6.28. The molecule has 0 bridgehead atoms. The number of aromatic nitrogens is 3. The molecule has 0 aliphatic carbocycles. The summed E-state index contributed by atoms with van der Waals surface area (Å²) < 4.78 is 32.4. The molecule has 0 radical (unpaired) electrons. The Morgan fingerprint density at radius 1 is 1.19 bits per heavy atom. The molecule has 0 unspecified atom stereocenters. The van der Waals surface area contributed by atoms with Crippen molar-refractivity contribution in [3.05, 3.63) is 36.2 Å². The van der Waals surface area contributed by atoms with Crippen LogP contribution in [0.5, 0.6) is 5.75 Å². The number of nitrogens with one attached hydrogen (secondary N) is 1. The fourth-order valence-electron chi connectivity index (χ4n) is 3.21. The van der Waals surface area contributed by atoms with Gasteiger partial charge in [-0.1, -0.05) is 5.21 Å². The summed E-state index contributed by atoms with van der Waals surface area (Å²) in [4.78, 5) is 14.5. The largest absolute Gasteiger partial charge is 0.497 e. The van der Waals surface area contributed by atoms with Gasteiger partial charge in [-0.15, -0.1) is 5.10 Å². The van der Waals surface area contributed by atoms with Crippen molar-refractivity contribution in [2.45, 2.75) is 30.8 Å². The average Bonchev–Trinajstić information content (AvgIpc) is 3.15. The van der Waals surface area contributed by atoms with Crippen molar-refractivity contribution >= 4 is 15.9 Å². The van der Waals surface area contributed by atoms with Crippen molar-refractivity contribution in [3.63, 3.8) is 0 Å². The number of hydrogen-bond donors (Lipinski definition) is 1. The number of ether oxygens (including phenoxy) is 1. The van der Waals surface area contributed by atoms with E-state index in [1.807, 2.05) is 13.8 Å². The first-order valence-electron chi connectivity index (χ1n) is 8.17.